The summed E-state index contributed by atoms with van der Waals surface area (Å²) in [5.41, 5.74) is 2.33. The van der Waals surface area contributed by atoms with Gasteiger partial charge in [-0.05, 0) is 24.5 Å². The number of carboxylic acids is 1. The van der Waals surface area contributed by atoms with Crippen molar-refractivity contribution < 1.29 is 14.6 Å². The van der Waals surface area contributed by atoms with Crippen LogP contribution < -0.4 is 0 Å². The Bertz CT molecular complexity index is 435. The average molecular weight is 263 g/mol. The number of carbonyl (C=O) groups is 1. The molecule has 1 aromatic carbocycles. The number of hydrogen-bond acceptors (Lipinski definition) is 3. The summed E-state index contributed by atoms with van der Waals surface area (Å²) in [7, 11) is 0. The summed E-state index contributed by atoms with van der Waals surface area (Å²) in [6.07, 6.45) is 1.06. The van der Waals surface area contributed by atoms with Crippen molar-refractivity contribution >= 4 is 5.97 Å². The fourth-order valence-corrected chi connectivity index (χ4v) is 2.48. The second kappa shape index (κ2) is 5.72. The van der Waals surface area contributed by atoms with E-state index >= 15 is 0 Å². The van der Waals surface area contributed by atoms with E-state index in [4.69, 9.17) is 9.84 Å². The SMILES string of the molecule is CCc1ccc(CN2CC(C)(OCC(=O)O)C2)cc1. The minimum absolute atomic E-state index is 0.213. The Labute approximate surface area is 114 Å². The van der Waals surface area contributed by atoms with Gasteiger partial charge in [0, 0.05) is 19.6 Å². The summed E-state index contributed by atoms with van der Waals surface area (Å²) in [5.74, 6) is -0.908. The maximum absolute atomic E-state index is 10.5. The molecule has 1 aliphatic rings. The van der Waals surface area contributed by atoms with Gasteiger partial charge in [-0.2, -0.15) is 0 Å². The molecule has 1 aliphatic heterocycles. The summed E-state index contributed by atoms with van der Waals surface area (Å²) in [5, 5.41) is 8.61. The van der Waals surface area contributed by atoms with E-state index in [1.807, 2.05) is 6.92 Å². The molecule has 2 rings (SSSR count). The van der Waals surface area contributed by atoms with Crippen molar-refractivity contribution in [1.29, 1.82) is 0 Å². The molecule has 4 nitrogen and oxygen atoms in total. The molecular formula is C15H21NO3. The Balaban J connectivity index is 1.78. The highest BCUT2D eigenvalue weighted by atomic mass is 16.5. The normalized spacial score (nSPS) is 18.0. The van der Waals surface area contributed by atoms with Crippen molar-refractivity contribution in [2.45, 2.75) is 32.4 Å². The van der Waals surface area contributed by atoms with Crippen LogP contribution in [-0.2, 0) is 22.5 Å². The molecule has 1 saturated heterocycles. The second-order valence-electron chi connectivity index (χ2n) is 5.45. The highest BCUT2D eigenvalue weighted by Crippen LogP contribution is 2.26. The summed E-state index contributed by atoms with van der Waals surface area (Å²) in [6.45, 7) is 6.37. The van der Waals surface area contributed by atoms with Crippen molar-refractivity contribution in [2.75, 3.05) is 19.7 Å². The third-order valence-electron chi connectivity index (χ3n) is 3.50. The first-order valence-corrected chi connectivity index (χ1v) is 6.67. The van der Waals surface area contributed by atoms with E-state index in [1.165, 1.54) is 11.1 Å². The molecule has 1 aromatic rings. The van der Waals surface area contributed by atoms with Crippen molar-refractivity contribution in [1.82, 2.24) is 4.90 Å². The topological polar surface area (TPSA) is 49.8 Å². The lowest BCUT2D eigenvalue weighted by Crippen LogP contribution is -2.61. The Kier molecular flexibility index (Phi) is 4.22. The van der Waals surface area contributed by atoms with E-state index in [0.717, 1.165) is 26.1 Å². The van der Waals surface area contributed by atoms with Crippen LogP contribution >= 0.6 is 0 Å². The highest BCUT2D eigenvalue weighted by Gasteiger charge is 2.39. The van der Waals surface area contributed by atoms with Gasteiger partial charge in [0.15, 0.2) is 0 Å². The number of benzene rings is 1. The molecule has 1 fully saturated rings. The molecule has 104 valence electrons. The van der Waals surface area contributed by atoms with Crippen LogP contribution in [0.5, 0.6) is 0 Å². The summed E-state index contributed by atoms with van der Waals surface area (Å²) < 4.78 is 5.39. The van der Waals surface area contributed by atoms with Gasteiger partial charge in [0.25, 0.3) is 0 Å². The molecular weight excluding hydrogens is 242 g/mol. The molecule has 0 bridgehead atoms. The van der Waals surface area contributed by atoms with Gasteiger partial charge >= 0.3 is 5.97 Å². The number of hydrogen-bond donors (Lipinski definition) is 1. The molecule has 0 radical (unpaired) electrons. The zero-order valence-corrected chi connectivity index (χ0v) is 11.6. The van der Waals surface area contributed by atoms with Crippen LogP contribution in [-0.4, -0.2) is 41.3 Å². The van der Waals surface area contributed by atoms with E-state index < -0.39 is 5.97 Å². The standard InChI is InChI=1S/C15H21NO3/c1-3-12-4-6-13(7-5-12)8-16-10-15(2,11-16)19-9-14(17)18/h4-7H,3,8-11H2,1-2H3,(H,17,18). The quantitative estimate of drug-likeness (QED) is 0.852. The molecule has 0 atom stereocenters. The van der Waals surface area contributed by atoms with Crippen molar-refractivity contribution in [3.05, 3.63) is 35.4 Å². The van der Waals surface area contributed by atoms with E-state index in [-0.39, 0.29) is 12.2 Å². The third kappa shape index (κ3) is 3.78. The number of aliphatic carboxylic acids is 1. The smallest absolute Gasteiger partial charge is 0.329 e. The van der Waals surface area contributed by atoms with Crippen LogP contribution in [0.1, 0.15) is 25.0 Å². The van der Waals surface area contributed by atoms with Gasteiger partial charge in [-0.25, -0.2) is 4.79 Å². The zero-order chi connectivity index (χ0) is 13.9. The average Bonchev–Trinajstić information content (AvgIpc) is 2.35. The minimum Gasteiger partial charge on any atom is -0.480 e. The third-order valence-corrected chi connectivity index (χ3v) is 3.50. The van der Waals surface area contributed by atoms with Gasteiger partial charge < -0.3 is 9.84 Å². The molecule has 0 unspecified atom stereocenters. The molecule has 19 heavy (non-hydrogen) atoms. The van der Waals surface area contributed by atoms with Gasteiger partial charge in [0.2, 0.25) is 0 Å². The van der Waals surface area contributed by atoms with Gasteiger partial charge in [-0.15, -0.1) is 0 Å². The van der Waals surface area contributed by atoms with Crippen molar-refractivity contribution in [3.8, 4) is 0 Å². The summed E-state index contributed by atoms with van der Waals surface area (Å²) in [4.78, 5) is 12.7. The first-order chi connectivity index (χ1) is 9.00. The van der Waals surface area contributed by atoms with Crippen molar-refractivity contribution in [3.63, 3.8) is 0 Å². The number of rotatable bonds is 6. The van der Waals surface area contributed by atoms with Gasteiger partial charge in [0.05, 0.1) is 5.60 Å². The largest absolute Gasteiger partial charge is 0.480 e. The Morgan fingerprint density at radius 3 is 2.42 bits per heavy atom. The Morgan fingerprint density at radius 1 is 1.32 bits per heavy atom. The van der Waals surface area contributed by atoms with E-state index in [9.17, 15) is 4.79 Å². The number of carboxylic acid groups (broad SMARTS) is 1. The van der Waals surface area contributed by atoms with Crippen LogP contribution in [0.2, 0.25) is 0 Å². The molecule has 0 amide bonds. The van der Waals surface area contributed by atoms with E-state index in [2.05, 4.69) is 36.1 Å². The maximum atomic E-state index is 10.5. The number of likely N-dealkylation sites (tertiary alicyclic amines) is 1. The number of ether oxygens (including phenoxy) is 1. The summed E-state index contributed by atoms with van der Waals surface area (Å²) >= 11 is 0. The van der Waals surface area contributed by atoms with E-state index in [0.29, 0.717) is 0 Å². The fourth-order valence-electron chi connectivity index (χ4n) is 2.48. The van der Waals surface area contributed by atoms with Gasteiger partial charge in [-0.1, -0.05) is 31.2 Å². The Morgan fingerprint density at radius 2 is 1.89 bits per heavy atom. The van der Waals surface area contributed by atoms with Crippen LogP contribution in [0.3, 0.4) is 0 Å². The fraction of sp³-hybridized carbons (Fsp3) is 0.533. The first kappa shape index (κ1) is 14.0. The maximum Gasteiger partial charge on any atom is 0.329 e. The molecule has 0 spiro atoms. The highest BCUT2D eigenvalue weighted by molar-refractivity contribution is 5.68. The zero-order valence-electron chi connectivity index (χ0n) is 11.6. The van der Waals surface area contributed by atoms with E-state index in [1.54, 1.807) is 0 Å². The van der Waals surface area contributed by atoms with Crippen LogP contribution in [0.25, 0.3) is 0 Å². The van der Waals surface area contributed by atoms with Gasteiger partial charge in [0.1, 0.15) is 6.61 Å². The monoisotopic (exact) mass is 263 g/mol. The van der Waals surface area contributed by atoms with Crippen LogP contribution in [0.15, 0.2) is 24.3 Å². The lowest BCUT2D eigenvalue weighted by atomic mass is 9.95. The molecule has 0 aromatic heterocycles. The predicted molar refractivity (Wildman–Crippen MR) is 73.1 cm³/mol. The molecule has 0 aliphatic carbocycles. The molecule has 1 N–H and O–H groups in total. The molecule has 4 heteroatoms. The Hall–Kier alpha value is -1.39. The minimum atomic E-state index is -0.908. The van der Waals surface area contributed by atoms with Crippen LogP contribution in [0, 0.1) is 0 Å². The van der Waals surface area contributed by atoms with Gasteiger partial charge in [-0.3, -0.25) is 4.90 Å². The summed E-state index contributed by atoms with van der Waals surface area (Å²) in [6, 6.07) is 8.64. The first-order valence-electron chi connectivity index (χ1n) is 6.67. The molecule has 1 heterocycles. The van der Waals surface area contributed by atoms with Crippen LogP contribution in [0.4, 0.5) is 0 Å². The second-order valence-corrected chi connectivity index (χ2v) is 5.45. The lowest BCUT2D eigenvalue weighted by Gasteiger charge is -2.47. The predicted octanol–water partition coefficient (Wildman–Crippen LogP) is 1.92. The number of nitrogens with zero attached hydrogens (tertiary/aromatic N) is 1. The lowest BCUT2D eigenvalue weighted by molar-refractivity contribution is -0.165. The molecule has 0 saturated carbocycles. The number of aryl methyl sites for hydroxylation is 1. The van der Waals surface area contributed by atoms with Crippen molar-refractivity contribution in [2.24, 2.45) is 0 Å².